The van der Waals surface area contributed by atoms with Gasteiger partial charge in [-0.2, -0.15) is 0 Å². The number of phenolic OH excluding ortho intramolecular Hbond substituents is 1. The molecule has 0 heterocycles. The summed E-state index contributed by atoms with van der Waals surface area (Å²) in [5.41, 5.74) is -0.327. The maximum Gasteiger partial charge on any atom is 0.336 e. The highest BCUT2D eigenvalue weighted by Crippen LogP contribution is 2.26. The van der Waals surface area contributed by atoms with Gasteiger partial charge in [0.05, 0.1) is 10.6 Å². The van der Waals surface area contributed by atoms with Crippen LogP contribution >= 0.6 is 11.6 Å². The van der Waals surface area contributed by atoms with Crippen molar-refractivity contribution in [1.82, 2.24) is 0 Å². The molecule has 0 saturated carbocycles. The Morgan fingerprint density at radius 2 is 2.08 bits per heavy atom. The lowest BCUT2D eigenvalue weighted by atomic mass is 10.1. The van der Waals surface area contributed by atoms with Gasteiger partial charge in [-0.15, -0.1) is 0 Å². The third-order valence-corrected chi connectivity index (χ3v) is 1.78. The minimum Gasteiger partial charge on any atom is -0.506 e. The third kappa shape index (κ3) is 1.78. The normalized spacial score (nSPS) is 9.62. The van der Waals surface area contributed by atoms with E-state index in [1.807, 2.05) is 0 Å². The SMILES string of the molecule is O=Cc1cc(Cl)c(O)cc1C(=O)O. The fraction of sp³-hybridized carbons (Fsp3) is 0. The molecule has 0 aliphatic rings. The minimum atomic E-state index is -1.28. The van der Waals surface area contributed by atoms with Gasteiger partial charge < -0.3 is 10.2 Å². The monoisotopic (exact) mass is 200 g/mol. The summed E-state index contributed by atoms with van der Waals surface area (Å²) < 4.78 is 0. The Morgan fingerprint density at radius 3 is 2.54 bits per heavy atom. The van der Waals surface area contributed by atoms with Crippen molar-refractivity contribution in [3.8, 4) is 5.75 Å². The summed E-state index contributed by atoms with van der Waals surface area (Å²) in [6.45, 7) is 0. The van der Waals surface area contributed by atoms with Gasteiger partial charge in [-0.05, 0) is 12.1 Å². The molecule has 0 aromatic heterocycles. The number of rotatable bonds is 2. The fourth-order valence-electron chi connectivity index (χ4n) is 0.860. The number of carboxylic acids is 1. The number of phenols is 1. The molecule has 0 fully saturated rings. The summed E-state index contributed by atoms with van der Waals surface area (Å²) in [4.78, 5) is 20.9. The van der Waals surface area contributed by atoms with E-state index in [9.17, 15) is 9.59 Å². The zero-order chi connectivity index (χ0) is 10.0. The molecule has 1 aromatic carbocycles. The summed E-state index contributed by atoms with van der Waals surface area (Å²) in [5, 5.41) is 17.6. The van der Waals surface area contributed by atoms with Crippen LogP contribution in [-0.4, -0.2) is 22.5 Å². The first-order valence-electron chi connectivity index (χ1n) is 3.27. The number of halogens is 1. The van der Waals surface area contributed by atoms with Gasteiger partial charge in [0.25, 0.3) is 0 Å². The standard InChI is InChI=1S/C8H5ClO4/c9-6-1-4(3-10)5(8(12)13)2-7(6)11/h1-3,11H,(H,12,13). The van der Waals surface area contributed by atoms with E-state index in [4.69, 9.17) is 21.8 Å². The van der Waals surface area contributed by atoms with Gasteiger partial charge in [0, 0.05) is 5.56 Å². The first kappa shape index (κ1) is 9.54. The smallest absolute Gasteiger partial charge is 0.336 e. The van der Waals surface area contributed by atoms with Crippen molar-refractivity contribution < 1.29 is 19.8 Å². The number of carboxylic acid groups (broad SMARTS) is 1. The second-order valence-corrected chi connectivity index (χ2v) is 2.72. The van der Waals surface area contributed by atoms with Gasteiger partial charge in [0.2, 0.25) is 0 Å². The van der Waals surface area contributed by atoms with E-state index >= 15 is 0 Å². The Hall–Kier alpha value is -1.55. The third-order valence-electron chi connectivity index (χ3n) is 1.48. The molecule has 2 N–H and O–H groups in total. The lowest BCUT2D eigenvalue weighted by Crippen LogP contribution is -2.01. The number of hydrogen-bond donors (Lipinski definition) is 2. The van der Waals surface area contributed by atoms with Gasteiger partial charge in [-0.1, -0.05) is 11.6 Å². The molecule has 0 spiro atoms. The Balaban J connectivity index is 3.41. The van der Waals surface area contributed by atoms with Gasteiger partial charge >= 0.3 is 5.97 Å². The molecule has 4 nitrogen and oxygen atoms in total. The van der Waals surface area contributed by atoms with E-state index in [-0.39, 0.29) is 21.9 Å². The van der Waals surface area contributed by atoms with Crippen LogP contribution in [0.15, 0.2) is 12.1 Å². The lowest BCUT2D eigenvalue weighted by Gasteiger charge is -2.01. The zero-order valence-electron chi connectivity index (χ0n) is 6.32. The average molecular weight is 201 g/mol. The predicted octanol–water partition coefficient (Wildman–Crippen LogP) is 1.56. The Kier molecular flexibility index (Phi) is 2.53. The molecule has 1 rings (SSSR count). The van der Waals surface area contributed by atoms with Crippen LogP contribution in [0.5, 0.6) is 5.75 Å². The molecule has 0 amide bonds. The van der Waals surface area contributed by atoms with Crippen LogP contribution in [0.25, 0.3) is 0 Å². The molecule has 0 aliphatic heterocycles. The van der Waals surface area contributed by atoms with E-state index in [1.165, 1.54) is 0 Å². The molecule has 1 aromatic rings. The second kappa shape index (κ2) is 3.45. The second-order valence-electron chi connectivity index (χ2n) is 2.31. The zero-order valence-corrected chi connectivity index (χ0v) is 7.08. The quantitative estimate of drug-likeness (QED) is 0.711. The predicted molar refractivity (Wildman–Crippen MR) is 45.5 cm³/mol. The maximum atomic E-state index is 10.5. The summed E-state index contributed by atoms with van der Waals surface area (Å²) in [6.07, 6.45) is 0.370. The molecule has 68 valence electrons. The van der Waals surface area contributed by atoms with Crippen molar-refractivity contribution in [2.24, 2.45) is 0 Å². The van der Waals surface area contributed by atoms with Crippen molar-refractivity contribution in [3.05, 3.63) is 28.3 Å². The minimum absolute atomic E-state index is 0.0490. The number of hydrogen-bond acceptors (Lipinski definition) is 3. The molecule has 0 unspecified atom stereocenters. The first-order chi connectivity index (χ1) is 6.06. The number of aldehydes is 1. The van der Waals surface area contributed by atoms with Crippen molar-refractivity contribution in [1.29, 1.82) is 0 Å². The highest BCUT2D eigenvalue weighted by atomic mass is 35.5. The Labute approximate surface area is 78.4 Å². The van der Waals surface area contributed by atoms with Gasteiger partial charge in [0.15, 0.2) is 6.29 Å². The topological polar surface area (TPSA) is 74.6 Å². The van der Waals surface area contributed by atoms with Crippen LogP contribution in [0, 0.1) is 0 Å². The van der Waals surface area contributed by atoms with Crippen LogP contribution in [0.2, 0.25) is 5.02 Å². The van der Waals surface area contributed by atoms with Crippen molar-refractivity contribution in [2.45, 2.75) is 0 Å². The highest BCUT2D eigenvalue weighted by molar-refractivity contribution is 6.32. The molecular weight excluding hydrogens is 196 g/mol. The van der Waals surface area contributed by atoms with Gasteiger partial charge in [0.1, 0.15) is 5.75 Å². The fourth-order valence-corrected chi connectivity index (χ4v) is 1.03. The molecule has 0 bridgehead atoms. The van der Waals surface area contributed by atoms with Gasteiger partial charge in [-0.3, -0.25) is 4.79 Å². The molecule has 13 heavy (non-hydrogen) atoms. The van der Waals surface area contributed by atoms with E-state index in [0.29, 0.717) is 6.29 Å². The molecule has 0 radical (unpaired) electrons. The van der Waals surface area contributed by atoms with Crippen LogP contribution in [0.4, 0.5) is 0 Å². The first-order valence-corrected chi connectivity index (χ1v) is 3.65. The Bertz CT molecular complexity index is 373. The average Bonchev–Trinajstić information content (AvgIpc) is 2.08. The largest absolute Gasteiger partial charge is 0.506 e. The van der Waals surface area contributed by atoms with Crippen molar-refractivity contribution in [3.63, 3.8) is 0 Å². The van der Waals surface area contributed by atoms with E-state index < -0.39 is 5.97 Å². The highest BCUT2D eigenvalue weighted by Gasteiger charge is 2.12. The molecule has 5 heteroatoms. The summed E-state index contributed by atoms with van der Waals surface area (Å²) in [6, 6.07) is 2.04. The summed E-state index contributed by atoms with van der Waals surface area (Å²) in [5.74, 6) is -1.64. The summed E-state index contributed by atoms with van der Waals surface area (Å²) >= 11 is 5.47. The number of aromatic carboxylic acids is 1. The number of carbonyl (C=O) groups is 2. The lowest BCUT2D eigenvalue weighted by molar-refractivity contribution is 0.0693. The molecule has 0 aliphatic carbocycles. The van der Waals surface area contributed by atoms with Crippen LogP contribution in [-0.2, 0) is 0 Å². The number of benzene rings is 1. The van der Waals surface area contributed by atoms with E-state index in [2.05, 4.69) is 0 Å². The Morgan fingerprint density at radius 1 is 1.46 bits per heavy atom. The molecule has 0 saturated heterocycles. The van der Waals surface area contributed by atoms with Crippen LogP contribution in [0.1, 0.15) is 20.7 Å². The van der Waals surface area contributed by atoms with E-state index in [0.717, 1.165) is 12.1 Å². The summed E-state index contributed by atoms with van der Waals surface area (Å²) in [7, 11) is 0. The van der Waals surface area contributed by atoms with Gasteiger partial charge in [-0.25, -0.2) is 4.79 Å². The molecular formula is C8H5ClO4. The van der Waals surface area contributed by atoms with Crippen LogP contribution in [0.3, 0.4) is 0 Å². The maximum absolute atomic E-state index is 10.5. The van der Waals surface area contributed by atoms with Crippen molar-refractivity contribution in [2.75, 3.05) is 0 Å². The van der Waals surface area contributed by atoms with Crippen molar-refractivity contribution >= 4 is 23.9 Å². The van der Waals surface area contributed by atoms with Crippen LogP contribution < -0.4 is 0 Å². The number of aromatic hydroxyl groups is 1. The molecule has 0 atom stereocenters. The van der Waals surface area contributed by atoms with E-state index in [1.54, 1.807) is 0 Å². The number of carbonyl (C=O) groups excluding carboxylic acids is 1.